The van der Waals surface area contributed by atoms with Crippen molar-refractivity contribution in [3.8, 4) is 0 Å². The number of amides is 1. The normalized spacial score (nSPS) is 15.0. The minimum absolute atomic E-state index is 0.0426. The van der Waals surface area contributed by atoms with Crippen LogP contribution in [0, 0.1) is 0 Å². The van der Waals surface area contributed by atoms with Gasteiger partial charge in [-0.15, -0.1) is 0 Å². The number of rotatable bonds is 8. The van der Waals surface area contributed by atoms with Gasteiger partial charge in [-0.1, -0.05) is 30.3 Å². The van der Waals surface area contributed by atoms with E-state index in [0.717, 1.165) is 63.3 Å². The lowest BCUT2D eigenvalue weighted by molar-refractivity contribution is 0.0632. The largest absolute Gasteiger partial charge is 0.385 e. The third-order valence-corrected chi connectivity index (χ3v) is 5.63. The van der Waals surface area contributed by atoms with Crippen LogP contribution in [-0.2, 0) is 11.3 Å². The smallest absolute Gasteiger partial charge is 0.255 e. The van der Waals surface area contributed by atoms with E-state index in [1.807, 2.05) is 33.7 Å². The van der Waals surface area contributed by atoms with Gasteiger partial charge in [0, 0.05) is 46.1 Å². The zero-order valence-corrected chi connectivity index (χ0v) is 17.5. The van der Waals surface area contributed by atoms with Gasteiger partial charge < -0.3 is 14.2 Å². The molecule has 2 aromatic heterocycles. The highest BCUT2D eigenvalue weighted by Gasteiger charge is 2.22. The standard InChI is InChI=1S/C23H29N5O2/c1-30-14-6-5-9-26-10-12-27(13-11-26)23(29)20-15-21-22(24-16-20)28(18-25-21)17-19-7-3-2-4-8-19/h2-4,7-8,15-16,18H,5-6,9-14,17H2,1H3. The number of hydrogen-bond donors (Lipinski definition) is 0. The predicted octanol–water partition coefficient (Wildman–Crippen LogP) is 2.66. The number of imidazole rings is 1. The number of nitrogens with zero attached hydrogens (tertiary/aromatic N) is 5. The van der Waals surface area contributed by atoms with Gasteiger partial charge in [0.25, 0.3) is 5.91 Å². The van der Waals surface area contributed by atoms with E-state index < -0.39 is 0 Å². The van der Waals surface area contributed by atoms with Gasteiger partial charge in [0.2, 0.25) is 0 Å². The van der Waals surface area contributed by atoms with Crippen molar-refractivity contribution in [2.75, 3.05) is 46.4 Å². The van der Waals surface area contributed by atoms with Crippen molar-refractivity contribution < 1.29 is 9.53 Å². The molecule has 0 radical (unpaired) electrons. The maximum atomic E-state index is 13.0. The Morgan fingerprint density at radius 3 is 2.63 bits per heavy atom. The molecule has 4 rings (SSSR count). The topological polar surface area (TPSA) is 63.5 Å². The van der Waals surface area contributed by atoms with E-state index >= 15 is 0 Å². The third-order valence-electron chi connectivity index (χ3n) is 5.63. The van der Waals surface area contributed by atoms with Gasteiger partial charge >= 0.3 is 0 Å². The Kier molecular flexibility index (Phi) is 6.71. The molecule has 1 aliphatic rings. The fourth-order valence-electron chi connectivity index (χ4n) is 3.90. The summed E-state index contributed by atoms with van der Waals surface area (Å²) in [5, 5.41) is 0. The molecule has 0 bridgehead atoms. The highest BCUT2D eigenvalue weighted by Crippen LogP contribution is 2.16. The number of unbranched alkanes of at least 4 members (excludes halogenated alkanes) is 1. The summed E-state index contributed by atoms with van der Waals surface area (Å²) in [4.78, 5) is 26.3. The first-order chi connectivity index (χ1) is 14.7. The maximum absolute atomic E-state index is 13.0. The van der Waals surface area contributed by atoms with Crippen LogP contribution in [0.25, 0.3) is 11.2 Å². The summed E-state index contributed by atoms with van der Waals surface area (Å²) in [6.45, 7) is 5.93. The van der Waals surface area contributed by atoms with Crippen LogP contribution in [0.15, 0.2) is 48.9 Å². The van der Waals surface area contributed by atoms with Crippen molar-refractivity contribution in [1.29, 1.82) is 0 Å². The van der Waals surface area contributed by atoms with Crippen LogP contribution in [0.2, 0.25) is 0 Å². The van der Waals surface area contributed by atoms with E-state index in [1.54, 1.807) is 19.6 Å². The maximum Gasteiger partial charge on any atom is 0.255 e. The van der Waals surface area contributed by atoms with E-state index in [2.05, 4.69) is 27.0 Å². The van der Waals surface area contributed by atoms with Gasteiger partial charge in [-0.2, -0.15) is 0 Å². The molecule has 0 spiro atoms. The molecule has 1 saturated heterocycles. The molecule has 1 aromatic carbocycles. The first-order valence-corrected chi connectivity index (χ1v) is 10.6. The van der Waals surface area contributed by atoms with E-state index in [9.17, 15) is 4.79 Å². The molecule has 3 aromatic rings. The van der Waals surface area contributed by atoms with Gasteiger partial charge in [-0.25, -0.2) is 9.97 Å². The zero-order chi connectivity index (χ0) is 20.8. The van der Waals surface area contributed by atoms with Gasteiger partial charge in [0.05, 0.1) is 18.4 Å². The summed E-state index contributed by atoms with van der Waals surface area (Å²) in [6, 6.07) is 12.1. The average Bonchev–Trinajstić information content (AvgIpc) is 3.19. The minimum atomic E-state index is 0.0426. The van der Waals surface area contributed by atoms with Gasteiger partial charge in [-0.05, 0) is 31.0 Å². The Hall–Kier alpha value is -2.77. The molecule has 0 aliphatic carbocycles. The van der Waals surface area contributed by atoms with Crippen LogP contribution < -0.4 is 0 Å². The number of benzene rings is 1. The molecule has 1 aliphatic heterocycles. The second-order valence-corrected chi connectivity index (χ2v) is 7.76. The number of ether oxygens (including phenoxy) is 1. The van der Waals surface area contributed by atoms with Gasteiger partial charge in [0.1, 0.15) is 5.52 Å². The fourth-order valence-corrected chi connectivity index (χ4v) is 3.90. The monoisotopic (exact) mass is 407 g/mol. The fraction of sp³-hybridized carbons (Fsp3) is 0.435. The van der Waals surface area contributed by atoms with Crippen molar-refractivity contribution in [2.24, 2.45) is 0 Å². The number of aromatic nitrogens is 3. The average molecular weight is 408 g/mol. The minimum Gasteiger partial charge on any atom is -0.385 e. The number of carbonyl (C=O) groups excluding carboxylic acids is 1. The highest BCUT2D eigenvalue weighted by molar-refractivity contribution is 5.96. The Morgan fingerprint density at radius 2 is 1.87 bits per heavy atom. The highest BCUT2D eigenvalue weighted by atomic mass is 16.5. The number of carbonyl (C=O) groups is 1. The number of pyridine rings is 1. The van der Waals surface area contributed by atoms with Crippen LogP contribution >= 0.6 is 0 Å². The first-order valence-electron chi connectivity index (χ1n) is 10.6. The van der Waals surface area contributed by atoms with E-state index in [4.69, 9.17) is 4.74 Å². The van der Waals surface area contributed by atoms with Crippen LogP contribution in [0.1, 0.15) is 28.8 Å². The Morgan fingerprint density at radius 1 is 1.07 bits per heavy atom. The summed E-state index contributed by atoms with van der Waals surface area (Å²) in [7, 11) is 1.74. The van der Waals surface area contributed by atoms with Gasteiger partial charge in [-0.3, -0.25) is 9.69 Å². The lowest BCUT2D eigenvalue weighted by Gasteiger charge is -2.34. The Balaban J connectivity index is 1.36. The molecule has 7 nitrogen and oxygen atoms in total. The van der Waals surface area contributed by atoms with Crippen molar-refractivity contribution in [2.45, 2.75) is 19.4 Å². The predicted molar refractivity (Wildman–Crippen MR) is 117 cm³/mol. The van der Waals surface area contributed by atoms with Crippen LogP contribution in [0.3, 0.4) is 0 Å². The number of fused-ring (bicyclic) bond motifs is 1. The summed E-state index contributed by atoms with van der Waals surface area (Å²) in [6.07, 6.45) is 5.69. The van der Waals surface area contributed by atoms with Crippen molar-refractivity contribution >= 4 is 17.1 Å². The number of hydrogen-bond acceptors (Lipinski definition) is 5. The van der Waals surface area contributed by atoms with E-state index in [1.165, 1.54) is 5.56 Å². The molecule has 1 fully saturated rings. The lowest BCUT2D eigenvalue weighted by atomic mass is 10.2. The number of methoxy groups -OCH3 is 1. The molecule has 158 valence electrons. The lowest BCUT2D eigenvalue weighted by Crippen LogP contribution is -2.48. The second kappa shape index (κ2) is 9.82. The van der Waals surface area contributed by atoms with Crippen molar-refractivity contribution in [3.63, 3.8) is 0 Å². The van der Waals surface area contributed by atoms with Gasteiger partial charge in [0.15, 0.2) is 5.65 Å². The summed E-state index contributed by atoms with van der Waals surface area (Å²) in [5.74, 6) is 0.0426. The molecule has 0 saturated carbocycles. The third kappa shape index (κ3) is 4.86. The molecular formula is C23H29N5O2. The van der Waals surface area contributed by atoms with Crippen molar-refractivity contribution in [3.05, 3.63) is 60.0 Å². The first kappa shape index (κ1) is 20.5. The zero-order valence-electron chi connectivity index (χ0n) is 17.5. The molecule has 3 heterocycles. The van der Waals surface area contributed by atoms with E-state index in [0.29, 0.717) is 12.1 Å². The summed E-state index contributed by atoms with van der Waals surface area (Å²) < 4.78 is 7.12. The molecule has 0 N–H and O–H groups in total. The summed E-state index contributed by atoms with van der Waals surface area (Å²) >= 11 is 0. The molecule has 7 heteroatoms. The molecule has 30 heavy (non-hydrogen) atoms. The molecule has 0 atom stereocenters. The van der Waals surface area contributed by atoms with E-state index in [-0.39, 0.29) is 5.91 Å². The van der Waals surface area contributed by atoms with Crippen LogP contribution in [0.5, 0.6) is 0 Å². The van der Waals surface area contributed by atoms with Crippen molar-refractivity contribution in [1.82, 2.24) is 24.3 Å². The quantitative estimate of drug-likeness (QED) is 0.537. The Bertz CT molecular complexity index is 964. The molecule has 1 amide bonds. The second-order valence-electron chi connectivity index (χ2n) is 7.76. The Labute approximate surface area is 177 Å². The molecular weight excluding hydrogens is 378 g/mol. The molecule has 0 unspecified atom stereocenters. The summed E-state index contributed by atoms with van der Waals surface area (Å²) in [5.41, 5.74) is 3.37. The SMILES string of the molecule is COCCCCN1CCN(C(=O)c2cnc3c(c2)ncn3Cc2ccccc2)CC1. The van der Waals surface area contributed by atoms with Crippen LogP contribution in [-0.4, -0.2) is 76.7 Å². The van der Waals surface area contributed by atoms with Crippen LogP contribution in [0.4, 0.5) is 0 Å². The number of piperazine rings is 1.